The molecule has 7 rings (SSSR count). The van der Waals surface area contributed by atoms with Crippen LogP contribution in [0.15, 0.2) is 88.7 Å². The summed E-state index contributed by atoms with van der Waals surface area (Å²) in [7, 11) is -3.63. The molecule has 0 N–H and O–H groups in total. The summed E-state index contributed by atoms with van der Waals surface area (Å²) in [5, 5.41) is 0. The average molecular weight is 396 g/mol. The van der Waals surface area contributed by atoms with Crippen molar-refractivity contribution in [3.63, 3.8) is 0 Å². The number of hydrogen-bond donors (Lipinski definition) is 0. The van der Waals surface area contributed by atoms with Crippen LogP contribution in [0.5, 0.6) is 11.5 Å². The molecule has 7 heteroatoms. The lowest BCUT2D eigenvalue weighted by Crippen LogP contribution is -2.35. The summed E-state index contributed by atoms with van der Waals surface area (Å²) in [5.41, 5.74) is 0.836. The minimum atomic E-state index is -3.63. The first kappa shape index (κ1) is 18.1. The van der Waals surface area contributed by atoms with E-state index in [-0.39, 0.29) is 27.9 Å². The van der Waals surface area contributed by atoms with E-state index in [4.69, 9.17) is 14.2 Å². The molecule has 28 heavy (non-hydrogen) atoms. The second-order valence-corrected chi connectivity index (χ2v) is 8.06. The van der Waals surface area contributed by atoms with E-state index in [9.17, 15) is 13.2 Å². The zero-order chi connectivity index (χ0) is 19.6. The summed E-state index contributed by atoms with van der Waals surface area (Å²) in [6.07, 6.45) is -1.34. The first-order chi connectivity index (χ1) is 13.5. The second kappa shape index (κ2) is 7.36. The van der Waals surface area contributed by atoms with Gasteiger partial charge in [-0.15, -0.1) is 0 Å². The van der Waals surface area contributed by atoms with Crippen LogP contribution in [0, 0.1) is 0 Å². The number of esters is 1. The van der Waals surface area contributed by atoms with Crippen LogP contribution in [0.3, 0.4) is 0 Å². The van der Waals surface area contributed by atoms with Gasteiger partial charge in [0, 0.05) is 0 Å². The van der Waals surface area contributed by atoms with Crippen LogP contribution in [0.4, 0.5) is 0 Å². The molecule has 0 spiro atoms. The van der Waals surface area contributed by atoms with E-state index in [0.29, 0.717) is 0 Å². The molecule has 3 aromatic carbocycles. The maximum atomic E-state index is 12.6. The number of carbonyl (C=O) groups is 1. The molecule has 0 unspecified atom stereocenters. The van der Waals surface area contributed by atoms with Crippen LogP contribution in [0.2, 0.25) is 0 Å². The van der Waals surface area contributed by atoms with E-state index in [1.54, 1.807) is 0 Å². The molecule has 0 saturated heterocycles. The van der Waals surface area contributed by atoms with Gasteiger partial charge in [-0.1, -0.05) is 30.3 Å². The van der Waals surface area contributed by atoms with E-state index < -0.39 is 22.1 Å². The number of carbonyl (C=O) groups excluding carboxylic acids is 1. The van der Waals surface area contributed by atoms with E-state index in [1.807, 2.05) is 30.3 Å². The number of rotatable bonds is 3. The fraction of sp³-hybridized carbons (Fsp3) is 0.0952. The second-order valence-electron chi connectivity index (χ2n) is 6.11. The zero-order valence-corrected chi connectivity index (χ0v) is 15.5. The summed E-state index contributed by atoms with van der Waals surface area (Å²) >= 11 is 0. The molecular formula is C21H16O6S. The van der Waals surface area contributed by atoms with Crippen molar-refractivity contribution >= 4 is 15.8 Å². The van der Waals surface area contributed by atoms with E-state index in [1.165, 1.54) is 48.5 Å². The molecule has 0 fully saturated rings. The highest BCUT2D eigenvalue weighted by atomic mass is 32.2. The predicted octanol–water partition coefficient (Wildman–Crippen LogP) is 3.36. The van der Waals surface area contributed by atoms with Crippen molar-refractivity contribution in [2.24, 2.45) is 0 Å². The third kappa shape index (κ3) is 3.70. The van der Waals surface area contributed by atoms with E-state index in [2.05, 4.69) is 0 Å². The minimum absolute atomic E-state index is 0.0824. The van der Waals surface area contributed by atoms with Gasteiger partial charge in [-0.3, -0.25) is 0 Å². The summed E-state index contributed by atoms with van der Waals surface area (Å²) in [5.74, 6) is -0.118. The summed E-state index contributed by atoms with van der Waals surface area (Å²) < 4.78 is 41.8. The summed E-state index contributed by atoms with van der Waals surface area (Å²) in [4.78, 5) is 12.8. The first-order valence-electron chi connectivity index (χ1n) is 8.51. The normalized spacial score (nSPS) is 15.0. The zero-order valence-electron chi connectivity index (χ0n) is 14.6. The van der Waals surface area contributed by atoms with Gasteiger partial charge in [0.15, 0.2) is 0 Å². The maximum absolute atomic E-state index is 12.6. The molecule has 3 aromatic rings. The monoisotopic (exact) mass is 396 g/mol. The molecule has 0 saturated carbocycles. The molecule has 4 aliphatic heterocycles. The van der Waals surface area contributed by atoms with Gasteiger partial charge >= 0.3 is 12.3 Å². The number of sulfone groups is 1. The topological polar surface area (TPSA) is 78.9 Å². The molecular weight excluding hydrogens is 380 g/mol. The van der Waals surface area contributed by atoms with Gasteiger partial charge < -0.3 is 14.2 Å². The van der Waals surface area contributed by atoms with Crippen molar-refractivity contribution in [1.82, 2.24) is 0 Å². The number of benzene rings is 3. The lowest BCUT2D eigenvalue weighted by Gasteiger charge is -2.20. The molecule has 142 valence electrons. The van der Waals surface area contributed by atoms with Gasteiger partial charge in [0.1, 0.15) is 18.1 Å². The van der Waals surface area contributed by atoms with Crippen molar-refractivity contribution < 1.29 is 27.4 Å². The highest BCUT2D eigenvalue weighted by Crippen LogP contribution is 2.27. The van der Waals surface area contributed by atoms with Gasteiger partial charge in [-0.25, -0.2) is 13.2 Å². The first-order valence-corrected chi connectivity index (χ1v) is 10.00. The molecule has 0 amide bonds. The Morgan fingerprint density at radius 3 is 1.79 bits per heavy atom. The Morgan fingerprint density at radius 1 is 0.786 bits per heavy atom. The quantitative estimate of drug-likeness (QED) is 0.632. The molecule has 6 nitrogen and oxygen atoms in total. The standard InChI is InChI=1S/C21H16O6S/c22-20(25-14-15-4-2-1-3-5-15)21-26-16-6-10-18(11-7-16)28(23,24)19-12-8-17(27-21)9-13-19/h1-13,21H,14H2. The summed E-state index contributed by atoms with van der Waals surface area (Å²) in [6, 6.07) is 20.8. The summed E-state index contributed by atoms with van der Waals surface area (Å²) in [6.45, 7) is 0.0824. The predicted molar refractivity (Wildman–Crippen MR) is 99.6 cm³/mol. The van der Waals surface area contributed by atoms with Crippen LogP contribution in [0.1, 0.15) is 5.56 Å². The fourth-order valence-electron chi connectivity index (χ4n) is 2.70. The maximum Gasteiger partial charge on any atom is 0.389 e. The van der Waals surface area contributed by atoms with Gasteiger partial charge in [0.2, 0.25) is 9.84 Å². The fourth-order valence-corrected chi connectivity index (χ4v) is 3.96. The minimum Gasteiger partial charge on any atom is -0.455 e. The largest absolute Gasteiger partial charge is 0.455 e. The van der Waals surface area contributed by atoms with Crippen molar-refractivity contribution in [2.75, 3.05) is 0 Å². The Hall–Kier alpha value is -3.32. The molecule has 0 aromatic heterocycles. The molecule has 4 heterocycles. The van der Waals surface area contributed by atoms with Gasteiger partial charge in [0.05, 0.1) is 9.79 Å². The SMILES string of the molecule is O=C(OCc1ccccc1)C1Oc2ccc(cc2)S(=O)(=O)c2ccc(cc2)O1. The Kier molecular flexibility index (Phi) is 4.75. The smallest absolute Gasteiger partial charge is 0.389 e. The Morgan fingerprint density at radius 2 is 1.29 bits per heavy atom. The van der Waals surface area contributed by atoms with Crippen molar-refractivity contribution in [3.8, 4) is 11.5 Å². The Balaban J connectivity index is 1.62. The Bertz CT molecular complexity index is 1020. The third-order valence-corrected chi connectivity index (χ3v) is 5.96. The van der Waals surface area contributed by atoms with E-state index >= 15 is 0 Å². The number of ether oxygens (including phenoxy) is 3. The van der Waals surface area contributed by atoms with E-state index in [0.717, 1.165) is 5.56 Å². The lowest BCUT2D eigenvalue weighted by molar-refractivity contribution is -0.167. The molecule has 0 aliphatic carbocycles. The lowest BCUT2D eigenvalue weighted by atomic mass is 10.2. The highest BCUT2D eigenvalue weighted by Gasteiger charge is 2.26. The molecule has 4 aliphatic rings. The Labute approximate surface area is 162 Å². The molecule has 0 atom stereocenters. The number of hydrogen-bond acceptors (Lipinski definition) is 6. The van der Waals surface area contributed by atoms with Crippen LogP contribution in [-0.2, 0) is 26.0 Å². The van der Waals surface area contributed by atoms with Crippen LogP contribution in [0.25, 0.3) is 0 Å². The highest BCUT2D eigenvalue weighted by molar-refractivity contribution is 7.91. The van der Waals surface area contributed by atoms with Crippen LogP contribution >= 0.6 is 0 Å². The third-order valence-electron chi connectivity index (χ3n) is 4.17. The molecule has 0 radical (unpaired) electrons. The van der Waals surface area contributed by atoms with Crippen LogP contribution in [-0.4, -0.2) is 20.7 Å². The van der Waals surface area contributed by atoms with Crippen molar-refractivity contribution in [2.45, 2.75) is 22.7 Å². The van der Waals surface area contributed by atoms with Crippen molar-refractivity contribution in [1.29, 1.82) is 0 Å². The van der Waals surface area contributed by atoms with Gasteiger partial charge in [-0.05, 0) is 54.1 Å². The molecule has 4 bridgehead atoms. The van der Waals surface area contributed by atoms with Gasteiger partial charge in [0.25, 0.3) is 0 Å². The van der Waals surface area contributed by atoms with Gasteiger partial charge in [-0.2, -0.15) is 0 Å². The average Bonchev–Trinajstić information content (AvgIpc) is 2.72. The van der Waals surface area contributed by atoms with Crippen molar-refractivity contribution in [3.05, 3.63) is 84.4 Å². The van der Waals surface area contributed by atoms with Crippen LogP contribution < -0.4 is 9.47 Å².